The van der Waals surface area contributed by atoms with Crippen LogP contribution < -0.4 is 16.0 Å². The first kappa shape index (κ1) is 20.7. The molecule has 1 amide bonds. The van der Waals surface area contributed by atoms with E-state index in [0.29, 0.717) is 6.42 Å². The lowest BCUT2D eigenvalue weighted by atomic mass is 10.0. The van der Waals surface area contributed by atoms with Crippen LogP contribution in [-0.2, 0) is 14.4 Å². The number of rotatable bonds is 13. The van der Waals surface area contributed by atoms with E-state index in [1.54, 1.807) is 0 Å². The maximum absolute atomic E-state index is 12.1. The molecule has 0 fully saturated rings. The number of unbranched alkanes of at least 4 members (excludes halogenated alkanes) is 1. The summed E-state index contributed by atoms with van der Waals surface area (Å²) >= 11 is 0. The van der Waals surface area contributed by atoms with Gasteiger partial charge in [0.05, 0.1) is 0 Å². The van der Waals surface area contributed by atoms with E-state index in [9.17, 15) is 14.4 Å². The van der Waals surface area contributed by atoms with Crippen molar-refractivity contribution in [3.63, 3.8) is 0 Å². The monoisotopic (exact) mass is 313 g/mol. The summed E-state index contributed by atoms with van der Waals surface area (Å²) in [5.41, 5.74) is 0. The average molecular weight is 313 g/mol. The molecule has 0 aliphatic carbocycles. The van der Waals surface area contributed by atoms with Gasteiger partial charge in [-0.05, 0) is 47.3 Å². The first-order valence-electron chi connectivity index (χ1n) is 7.99. The Morgan fingerprint density at radius 3 is 1.91 bits per heavy atom. The minimum Gasteiger partial charge on any atom is -0.352 e. The third kappa shape index (κ3) is 11.4. The summed E-state index contributed by atoms with van der Waals surface area (Å²) in [6.07, 6.45) is 3.82. The second-order valence-corrected chi connectivity index (χ2v) is 5.87. The highest BCUT2D eigenvalue weighted by Gasteiger charge is 2.18. The van der Waals surface area contributed by atoms with E-state index >= 15 is 0 Å². The topological polar surface area (TPSA) is 87.3 Å². The fourth-order valence-corrected chi connectivity index (χ4v) is 2.42. The van der Waals surface area contributed by atoms with Crippen molar-refractivity contribution in [2.75, 3.05) is 20.6 Å². The third-order valence-electron chi connectivity index (χ3n) is 3.50. The van der Waals surface area contributed by atoms with Crippen LogP contribution in [-0.4, -0.2) is 50.2 Å². The lowest BCUT2D eigenvalue weighted by Crippen LogP contribution is -2.41. The van der Waals surface area contributed by atoms with Crippen molar-refractivity contribution in [1.29, 1.82) is 0 Å². The second kappa shape index (κ2) is 12.3. The number of hydrogen-bond acceptors (Lipinski definition) is 5. The molecule has 6 nitrogen and oxygen atoms in total. The maximum atomic E-state index is 12.1. The molecule has 1 atom stereocenters. The molecule has 0 spiro atoms. The van der Waals surface area contributed by atoms with Gasteiger partial charge < -0.3 is 16.0 Å². The number of Topliss-reactive ketones (excluding diaryl/α,β-unsaturated/α-hetero) is 2. The molecule has 6 heteroatoms. The molecule has 0 saturated carbocycles. The molecule has 0 heterocycles. The summed E-state index contributed by atoms with van der Waals surface area (Å²) in [6, 6.07) is -0.267. The summed E-state index contributed by atoms with van der Waals surface area (Å²) in [5, 5.41) is 9.06. The van der Waals surface area contributed by atoms with Gasteiger partial charge in [0.2, 0.25) is 5.91 Å². The molecule has 0 aliphatic rings. The number of hydrogen-bond donors (Lipinski definition) is 3. The number of amides is 1. The van der Waals surface area contributed by atoms with Crippen LogP contribution in [0.1, 0.15) is 52.4 Å². The Morgan fingerprint density at radius 1 is 0.864 bits per heavy atom. The van der Waals surface area contributed by atoms with Crippen molar-refractivity contribution < 1.29 is 14.4 Å². The van der Waals surface area contributed by atoms with Gasteiger partial charge in [-0.15, -0.1) is 0 Å². The van der Waals surface area contributed by atoms with Gasteiger partial charge in [-0.2, -0.15) is 0 Å². The SMILES string of the molecule is CNCCCCC(CC(=O)NC(CC(C)=O)CC(C)=O)NC. The highest BCUT2D eigenvalue weighted by Crippen LogP contribution is 2.06. The van der Waals surface area contributed by atoms with Crippen molar-refractivity contribution in [2.24, 2.45) is 0 Å². The van der Waals surface area contributed by atoms with Gasteiger partial charge in [0, 0.05) is 31.3 Å². The Kier molecular flexibility index (Phi) is 11.6. The van der Waals surface area contributed by atoms with Crippen LogP contribution in [0.3, 0.4) is 0 Å². The zero-order valence-corrected chi connectivity index (χ0v) is 14.3. The van der Waals surface area contributed by atoms with Gasteiger partial charge >= 0.3 is 0 Å². The minimum atomic E-state index is -0.385. The molecule has 3 N–H and O–H groups in total. The molecule has 0 aromatic rings. The zero-order valence-electron chi connectivity index (χ0n) is 14.3. The van der Waals surface area contributed by atoms with E-state index in [0.717, 1.165) is 25.8 Å². The average Bonchev–Trinajstić information content (AvgIpc) is 2.40. The molecule has 0 saturated heterocycles. The largest absolute Gasteiger partial charge is 0.352 e. The molecular weight excluding hydrogens is 282 g/mol. The van der Waals surface area contributed by atoms with Crippen molar-refractivity contribution in [2.45, 2.75) is 64.5 Å². The van der Waals surface area contributed by atoms with Gasteiger partial charge in [0.25, 0.3) is 0 Å². The molecule has 0 aromatic carbocycles. The summed E-state index contributed by atoms with van der Waals surface area (Å²) in [7, 11) is 3.77. The Bertz CT molecular complexity index is 343. The van der Waals surface area contributed by atoms with Crippen LogP contribution in [0.4, 0.5) is 0 Å². The third-order valence-corrected chi connectivity index (χ3v) is 3.50. The second-order valence-electron chi connectivity index (χ2n) is 5.87. The quantitative estimate of drug-likeness (QED) is 0.438. The van der Waals surface area contributed by atoms with Crippen LogP contribution in [0.5, 0.6) is 0 Å². The number of carbonyl (C=O) groups excluding carboxylic acids is 3. The van der Waals surface area contributed by atoms with Gasteiger partial charge in [-0.1, -0.05) is 6.42 Å². The van der Waals surface area contributed by atoms with Gasteiger partial charge in [-0.3, -0.25) is 14.4 Å². The van der Waals surface area contributed by atoms with E-state index in [1.165, 1.54) is 13.8 Å². The fourth-order valence-electron chi connectivity index (χ4n) is 2.42. The first-order chi connectivity index (χ1) is 10.4. The predicted octanol–water partition coefficient (Wildman–Crippen LogP) is 0.797. The predicted molar refractivity (Wildman–Crippen MR) is 87.8 cm³/mol. The zero-order chi connectivity index (χ0) is 17.0. The first-order valence-corrected chi connectivity index (χ1v) is 7.99. The van der Waals surface area contributed by atoms with Crippen LogP contribution in [0.25, 0.3) is 0 Å². The van der Waals surface area contributed by atoms with Gasteiger partial charge in [0.1, 0.15) is 11.6 Å². The Hall–Kier alpha value is -1.27. The van der Waals surface area contributed by atoms with E-state index in [2.05, 4.69) is 16.0 Å². The Morgan fingerprint density at radius 2 is 1.45 bits per heavy atom. The Labute approximate surface area is 133 Å². The lowest BCUT2D eigenvalue weighted by molar-refractivity contribution is -0.123. The van der Waals surface area contributed by atoms with Gasteiger partial charge in [-0.25, -0.2) is 0 Å². The van der Waals surface area contributed by atoms with Crippen LogP contribution >= 0.6 is 0 Å². The van der Waals surface area contributed by atoms with Crippen molar-refractivity contribution in [1.82, 2.24) is 16.0 Å². The standard InChI is InChI=1S/C16H31N3O3/c1-12(20)9-15(10-13(2)21)19-16(22)11-14(18-4)7-5-6-8-17-3/h14-15,17-18H,5-11H2,1-4H3,(H,19,22). The summed E-state index contributed by atoms with van der Waals surface area (Å²) in [4.78, 5) is 34.5. The van der Waals surface area contributed by atoms with Crippen LogP contribution in [0.2, 0.25) is 0 Å². The molecule has 22 heavy (non-hydrogen) atoms. The van der Waals surface area contributed by atoms with E-state index < -0.39 is 0 Å². The summed E-state index contributed by atoms with van der Waals surface area (Å²) in [5.74, 6) is -0.159. The van der Waals surface area contributed by atoms with Gasteiger partial charge in [0.15, 0.2) is 0 Å². The van der Waals surface area contributed by atoms with E-state index in [4.69, 9.17) is 0 Å². The molecule has 128 valence electrons. The molecule has 0 rings (SSSR count). The number of nitrogens with one attached hydrogen (secondary N) is 3. The number of carbonyl (C=O) groups is 3. The number of ketones is 2. The molecule has 0 bridgehead atoms. The summed E-state index contributed by atoms with van der Waals surface area (Å²) < 4.78 is 0. The van der Waals surface area contributed by atoms with Crippen LogP contribution in [0.15, 0.2) is 0 Å². The van der Waals surface area contributed by atoms with E-state index in [1.807, 2.05) is 14.1 Å². The highest BCUT2D eigenvalue weighted by molar-refractivity contribution is 5.82. The lowest BCUT2D eigenvalue weighted by Gasteiger charge is -2.20. The smallest absolute Gasteiger partial charge is 0.221 e. The van der Waals surface area contributed by atoms with Crippen molar-refractivity contribution in [3.8, 4) is 0 Å². The summed E-state index contributed by atoms with van der Waals surface area (Å²) in [6.45, 7) is 3.91. The molecule has 0 aromatic heterocycles. The van der Waals surface area contributed by atoms with E-state index in [-0.39, 0.29) is 42.4 Å². The minimum absolute atomic E-state index is 0.0243. The van der Waals surface area contributed by atoms with Crippen molar-refractivity contribution >= 4 is 17.5 Å². The molecular formula is C16H31N3O3. The fraction of sp³-hybridized carbons (Fsp3) is 0.812. The highest BCUT2D eigenvalue weighted by atomic mass is 16.2. The molecule has 0 aliphatic heterocycles. The maximum Gasteiger partial charge on any atom is 0.221 e. The van der Waals surface area contributed by atoms with Crippen molar-refractivity contribution in [3.05, 3.63) is 0 Å². The normalized spacial score (nSPS) is 12.2. The molecule has 0 radical (unpaired) electrons. The van der Waals surface area contributed by atoms with Crippen LogP contribution in [0, 0.1) is 0 Å². The molecule has 1 unspecified atom stereocenters. The Balaban J connectivity index is 4.27.